The van der Waals surface area contributed by atoms with Crippen LogP contribution in [0.5, 0.6) is 5.75 Å². The largest absolute Gasteiger partial charge is 0.481 e. The van der Waals surface area contributed by atoms with E-state index in [1.165, 1.54) is 12.1 Å². The van der Waals surface area contributed by atoms with Crippen molar-refractivity contribution in [3.63, 3.8) is 0 Å². The molecular weight excluding hydrogens is 367 g/mol. The maximum Gasteiger partial charge on any atom is 0.260 e. The number of hydrogen-bond acceptors (Lipinski definition) is 3. The second kappa shape index (κ2) is 7.77. The first kappa shape index (κ1) is 17.7. The predicted octanol–water partition coefficient (Wildman–Crippen LogP) is 2.29. The van der Waals surface area contributed by atoms with E-state index in [-0.39, 0.29) is 30.1 Å². The Morgan fingerprint density at radius 2 is 2.00 bits per heavy atom. The first-order valence-electron chi connectivity index (χ1n) is 7.45. The number of nitrogens with zero attached hydrogens (tertiary/aromatic N) is 2. The molecular formula is C16H20BrFN2O3. The normalized spacial score (nSPS) is 15.4. The van der Waals surface area contributed by atoms with Gasteiger partial charge in [0.05, 0.1) is 0 Å². The van der Waals surface area contributed by atoms with Crippen molar-refractivity contribution < 1.29 is 18.7 Å². The number of amides is 2. The summed E-state index contributed by atoms with van der Waals surface area (Å²) in [6.45, 7) is 0.843. The molecule has 23 heavy (non-hydrogen) atoms. The van der Waals surface area contributed by atoms with Crippen molar-refractivity contribution in [1.29, 1.82) is 0 Å². The van der Waals surface area contributed by atoms with Crippen LogP contribution in [0, 0.1) is 11.7 Å². The number of piperidine rings is 1. The first-order valence-corrected chi connectivity index (χ1v) is 8.24. The van der Waals surface area contributed by atoms with Crippen LogP contribution in [0.4, 0.5) is 4.39 Å². The third-order valence-electron chi connectivity index (χ3n) is 3.88. The van der Waals surface area contributed by atoms with Crippen molar-refractivity contribution in [2.45, 2.75) is 12.8 Å². The first-order chi connectivity index (χ1) is 10.9. The Kier molecular flexibility index (Phi) is 5.98. The van der Waals surface area contributed by atoms with Gasteiger partial charge in [-0.3, -0.25) is 9.59 Å². The number of likely N-dealkylation sites (tertiary alicyclic amines) is 1. The molecule has 1 fully saturated rings. The SMILES string of the molecule is CN(C)C(=O)C1CCN(C(=O)COc2ccc(Br)cc2F)CC1. The highest BCUT2D eigenvalue weighted by atomic mass is 79.9. The summed E-state index contributed by atoms with van der Waals surface area (Å²) in [5.41, 5.74) is 0. The lowest BCUT2D eigenvalue weighted by Crippen LogP contribution is -2.44. The van der Waals surface area contributed by atoms with Crippen LogP contribution in [-0.2, 0) is 9.59 Å². The number of carbonyl (C=O) groups excluding carboxylic acids is 2. The Morgan fingerprint density at radius 3 is 2.57 bits per heavy atom. The Balaban J connectivity index is 1.82. The minimum absolute atomic E-state index is 0.0288. The smallest absolute Gasteiger partial charge is 0.260 e. The molecule has 2 rings (SSSR count). The molecule has 0 radical (unpaired) electrons. The van der Waals surface area contributed by atoms with Gasteiger partial charge in [0.2, 0.25) is 5.91 Å². The molecule has 0 aromatic heterocycles. The minimum atomic E-state index is -0.512. The lowest BCUT2D eigenvalue weighted by atomic mass is 9.95. The van der Waals surface area contributed by atoms with Crippen molar-refractivity contribution in [3.8, 4) is 5.75 Å². The molecule has 0 unspecified atom stereocenters. The zero-order valence-electron chi connectivity index (χ0n) is 13.2. The molecule has 0 saturated carbocycles. The molecule has 1 aromatic rings. The molecule has 1 aliphatic rings. The number of halogens is 2. The molecule has 126 valence electrons. The van der Waals surface area contributed by atoms with Crippen LogP contribution in [0.3, 0.4) is 0 Å². The molecule has 2 amide bonds. The standard InChI is InChI=1S/C16H20BrFN2O3/c1-19(2)16(22)11-5-7-20(8-6-11)15(21)10-23-14-4-3-12(17)9-13(14)18/h3-4,9,11H,5-8,10H2,1-2H3. The van der Waals surface area contributed by atoms with Crippen molar-refractivity contribution in [3.05, 3.63) is 28.5 Å². The van der Waals surface area contributed by atoms with Gasteiger partial charge in [-0.2, -0.15) is 0 Å². The zero-order valence-corrected chi connectivity index (χ0v) is 14.8. The average molecular weight is 387 g/mol. The third kappa shape index (κ3) is 4.67. The summed E-state index contributed by atoms with van der Waals surface area (Å²) in [4.78, 5) is 27.3. The number of benzene rings is 1. The molecule has 1 aliphatic heterocycles. The van der Waals surface area contributed by atoms with Crippen LogP contribution < -0.4 is 4.74 Å². The highest BCUT2D eigenvalue weighted by Crippen LogP contribution is 2.22. The van der Waals surface area contributed by atoms with Crippen molar-refractivity contribution >= 4 is 27.7 Å². The van der Waals surface area contributed by atoms with Crippen molar-refractivity contribution in [1.82, 2.24) is 9.80 Å². The Labute approximate surface area is 143 Å². The second-order valence-corrected chi connectivity index (χ2v) is 6.67. The molecule has 0 N–H and O–H groups in total. The second-order valence-electron chi connectivity index (χ2n) is 5.75. The average Bonchev–Trinajstić information content (AvgIpc) is 2.53. The molecule has 1 aromatic carbocycles. The van der Waals surface area contributed by atoms with Gasteiger partial charge in [0.1, 0.15) is 0 Å². The van der Waals surface area contributed by atoms with E-state index in [4.69, 9.17) is 4.74 Å². The highest BCUT2D eigenvalue weighted by molar-refractivity contribution is 9.10. The van der Waals surface area contributed by atoms with E-state index in [0.29, 0.717) is 30.4 Å². The van der Waals surface area contributed by atoms with E-state index in [1.54, 1.807) is 30.0 Å². The van der Waals surface area contributed by atoms with E-state index < -0.39 is 5.82 Å². The van der Waals surface area contributed by atoms with E-state index in [2.05, 4.69) is 15.9 Å². The predicted molar refractivity (Wildman–Crippen MR) is 87.6 cm³/mol. The molecule has 5 nitrogen and oxygen atoms in total. The topological polar surface area (TPSA) is 49.9 Å². The highest BCUT2D eigenvalue weighted by Gasteiger charge is 2.28. The molecule has 0 bridgehead atoms. The van der Waals surface area contributed by atoms with Crippen LogP contribution in [0.15, 0.2) is 22.7 Å². The van der Waals surface area contributed by atoms with E-state index in [0.717, 1.165) is 0 Å². The Hall–Kier alpha value is -1.63. The summed E-state index contributed by atoms with van der Waals surface area (Å²) in [6.07, 6.45) is 1.30. The van der Waals surface area contributed by atoms with Crippen molar-refractivity contribution in [2.24, 2.45) is 5.92 Å². The summed E-state index contributed by atoms with van der Waals surface area (Å²) in [5, 5.41) is 0. The summed E-state index contributed by atoms with van der Waals surface area (Å²) in [5.74, 6) is -0.575. The number of ether oxygens (including phenoxy) is 1. The monoisotopic (exact) mass is 386 g/mol. The van der Waals surface area contributed by atoms with Gasteiger partial charge in [-0.1, -0.05) is 15.9 Å². The fourth-order valence-corrected chi connectivity index (χ4v) is 2.90. The van der Waals surface area contributed by atoms with Crippen LogP contribution in [-0.4, -0.2) is 55.4 Å². The van der Waals surface area contributed by atoms with Gasteiger partial charge >= 0.3 is 0 Å². The summed E-state index contributed by atoms with van der Waals surface area (Å²) in [7, 11) is 3.47. The van der Waals surface area contributed by atoms with Crippen LogP contribution in [0.2, 0.25) is 0 Å². The summed E-state index contributed by atoms with van der Waals surface area (Å²) < 4.78 is 19.5. The van der Waals surface area contributed by atoms with Crippen LogP contribution in [0.25, 0.3) is 0 Å². The number of rotatable bonds is 4. The fraction of sp³-hybridized carbons (Fsp3) is 0.500. The zero-order chi connectivity index (χ0) is 17.0. The van der Waals surface area contributed by atoms with Gasteiger partial charge in [0, 0.05) is 37.6 Å². The van der Waals surface area contributed by atoms with Gasteiger partial charge in [-0.15, -0.1) is 0 Å². The van der Waals surface area contributed by atoms with Gasteiger partial charge in [0.15, 0.2) is 18.2 Å². The third-order valence-corrected chi connectivity index (χ3v) is 4.38. The van der Waals surface area contributed by atoms with Crippen molar-refractivity contribution in [2.75, 3.05) is 33.8 Å². The molecule has 1 saturated heterocycles. The van der Waals surface area contributed by atoms with Crippen LogP contribution in [0.1, 0.15) is 12.8 Å². The maximum absolute atomic E-state index is 13.6. The number of hydrogen-bond donors (Lipinski definition) is 0. The lowest BCUT2D eigenvalue weighted by Gasteiger charge is -2.32. The van der Waals surface area contributed by atoms with E-state index >= 15 is 0 Å². The maximum atomic E-state index is 13.6. The fourth-order valence-electron chi connectivity index (χ4n) is 2.56. The molecule has 0 spiro atoms. The summed E-state index contributed by atoms with van der Waals surface area (Å²) >= 11 is 3.16. The number of carbonyl (C=O) groups is 2. The van der Waals surface area contributed by atoms with Gasteiger partial charge in [-0.05, 0) is 31.0 Å². The molecule has 7 heteroatoms. The quantitative estimate of drug-likeness (QED) is 0.797. The summed E-state index contributed by atoms with van der Waals surface area (Å²) in [6, 6.07) is 4.42. The van der Waals surface area contributed by atoms with Gasteiger partial charge < -0.3 is 14.5 Å². The van der Waals surface area contributed by atoms with Crippen LogP contribution >= 0.6 is 15.9 Å². The molecule has 0 aliphatic carbocycles. The lowest BCUT2D eigenvalue weighted by molar-refractivity contribution is -0.140. The molecule has 1 heterocycles. The Morgan fingerprint density at radius 1 is 1.35 bits per heavy atom. The minimum Gasteiger partial charge on any atom is -0.481 e. The Bertz CT molecular complexity index is 587. The van der Waals surface area contributed by atoms with Gasteiger partial charge in [-0.25, -0.2) is 4.39 Å². The van der Waals surface area contributed by atoms with Gasteiger partial charge in [0.25, 0.3) is 5.91 Å². The van der Waals surface area contributed by atoms with E-state index in [9.17, 15) is 14.0 Å². The van der Waals surface area contributed by atoms with E-state index in [1.807, 2.05) is 0 Å². The molecule has 0 atom stereocenters.